The van der Waals surface area contributed by atoms with Crippen molar-refractivity contribution in [1.29, 1.82) is 0 Å². The number of carbonyl (C=O) groups is 4. The Bertz CT molecular complexity index is 540. The monoisotopic (exact) mass is 295 g/mol. The van der Waals surface area contributed by atoms with E-state index in [1.54, 1.807) is 19.9 Å². The second kappa shape index (κ2) is 5.19. The van der Waals surface area contributed by atoms with Crippen LogP contribution in [-0.2, 0) is 14.4 Å². The molecule has 2 atom stereocenters. The Kier molecular flexibility index (Phi) is 3.71. The van der Waals surface area contributed by atoms with Crippen LogP contribution in [0, 0.1) is 5.92 Å². The van der Waals surface area contributed by atoms with Crippen molar-refractivity contribution < 1.29 is 24.3 Å². The van der Waals surface area contributed by atoms with E-state index in [1.807, 2.05) is 0 Å². The van der Waals surface area contributed by atoms with E-state index in [2.05, 4.69) is 10.6 Å². The van der Waals surface area contributed by atoms with Gasteiger partial charge in [-0.3, -0.25) is 19.3 Å². The highest BCUT2D eigenvalue weighted by Gasteiger charge is 2.45. The molecular weight excluding hydrogens is 278 g/mol. The molecule has 114 valence electrons. The molecule has 1 aliphatic heterocycles. The normalized spacial score (nSPS) is 26.9. The van der Waals surface area contributed by atoms with Crippen LogP contribution >= 0.6 is 0 Å². The number of aliphatic carboxylic acids is 1. The van der Waals surface area contributed by atoms with E-state index in [-0.39, 0.29) is 13.0 Å². The average molecular weight is 295 g/mol. The summed E-state index contributed by atoms with van der Waals surface area (Å²) in [5.41, 5.74) is -1.01. The van der Waals surface area contributed by atoms with Crippen LogP contribution in [0.1, 0.15) is 20.3 Å². The highest BCUT2D eigenvalue weighted by molar-refractivity contribution is 6.08. The lowest BCUT2D eigenvalue weighted by Crippen LogP contribution is -2.45. The maximum Gasteiger partial charge on any atom is 0.325 e. The van der Waals surface area contributed by atoms with Crippen LogP contribution in [-0.4, -0.2) is 51.9 Å². The summed E-state index contributed by atoms with van der Waals surface area (Å²) >= 11 is 0. The van der Waals surface area contributed by atoms with Gasteiger partial charge in [-0.25, -0.2) is 4.79 Å². The average Bonchev–Trinajstić information content (AvgIpc) is 2.89. The van der Waals surface area contributed by atoms with Crippen LogP contribution < -0.4 is 10.6 Å². The molecule has 1 saturated heterocycles. The van der Waals surface area contributed by atoms with Gasteiger partial charge in [-0.1, -0.05) is 12.2 Å². The first kappa shape index (κ1) is 15.0. The van der Waals surface area contributed by atoms with Gasteiger partial charge in [-0.15, -0.1) is 0 Å². The number of hydrogen-bond donors (Lipinski definition) is 3. The lowest BCUT2D eigenvalue weighted by Gasteiger charge is -2.17. The van der Waals surface area contributed by atoms with Gasteiger partial charge >= 0.3 is 12.0 Å². The van der Waals surface area contributed by atoms with E-state index >= 15 is 0 Å². The number of rotatable bonds is 4. The Morgan fingerprint density at radius 1 is 1.43 bits per heavy atom. The second-order valence-electron chi connectivity index (χ2n) is 5.69. The van der Waals surface area contributed by atoms with E-state index in [0.29, 0.717) is 0 Å². The van der Waals surface area contributed by atoms with E-state index in [1.165, 1.54) is 6.08 Å². The molecular formula is C13H17N3O5. The molecule has 1 fully saturated rings. The molecule has 0 aromatic carbocycles. The van der Waals surface area contributed by atoms with Gasteiger partial charge in [0.15, 0.2) is 0 Å². The van der Waals surface area contributed by atoms with Crippen molar-refractivity contribution in [2.45, 2.75) is 31.8 Å². The molecule has 4 amide bonds. The smallest absolute Gasteiger partial charge is 0.325 e. The Morgan fingerprint density at radius 2 is 2.10 bits per heavy atom. The van der Waals surface area contributed by atoms with Gasteiger partial charge in [0.2, 0.25) is 5.91 Å². The van der Waals surface area contributed by atoms with Crippen LogP contribution in [0.15, 0.2) is 12.2 Å². The zero-order valence-corrected chi connectivity index (χ0v) is 11.8. The van der Waals surface area contributed by atoms with Crippen molar-refractivity contribution in [3.8, 4) is 0 Å². The molecule has 2 rings (SSSR count). The zero-order chi connectivity index (χ0) is 15.8. The summed E-state index contributed by atoms with van der Waals surface area (Å²) in [7, 11) is 0. The molecule has 2 aliphatic rings. The molecule has 0 radical (unpaired) electrons. The number of urea groups is 1. The predicted molar refractivity (Wildman–Crippen MR) is 71.1 cm³/mol. The first-order valence-corrected chi connectivity index (χ1v) is 6.55. The minimum atomic E-state index is -1.01. The van der Waals surface area contributed by atoms with Crippen LogP contribution in [0.5, 0.6) is 0 Å². The molecule has 0 aromatic heterocycles. The van der Waals surface area contributed by atoms with Crippen LogP contribution in [0.2, 0.25) is 0 Å². The molecule has 3 N–H and O–H groups in total. The van der Waals surface area contributed by atoms with Gasteiger partial charge in [0, 0.05) is 6.04 Å². The number of nitrogens with zero attached hydrogens (tertiary/aromatic N) is 1. The fourth-order valence-corrected chi connectivity index (χ4v) is 2.35. The molecule has 0 saturated carbocycles. The number of carbonyl (C=O) groups excluding carboxylic acids is 3. The summed E-state index contributed by atoms with van der Waals surface area (Å²) in [6.07, 6.45) is 3.39. The molecule has 1 aliphatic carbocycles. The van der Waals surface area contributed by atoms with Crippen molar-refractivity contribution in [2.75, 3.05) is 6.54 Å². The minimum Gasteiger partial charge on any atom is -0.481 e. The summed E-state index contributed by atoms with van der Waals surface area (Å²) in [5, 5.41) is 13.9. The summed E-state index contributed by atoms with van der Waals surface area (Å²) in [6.45, 7) is 2.74. The maximum atomic E-state index is 11.9. The maximum absolute atomic E-state index is 11.9. The quantitative estimate of drug-likeness (QED) is 0.476. The second-order valence-corrected chi connectivity index (χ2v) is 5.69. The topological polar surface area (TPSA) is 116 Å². The van der Waals surface area contributed by atoms with E-state index in [9.17, 15) is 19.2 Å². The Hall–Kier alpha value is -2.38. The molecule has 1 heterocycles. The number of carboxylic acid groups (broad SMARTS) is 1. The van der Waals surface area contributed by atoms with Gasteiger partial charge in [0.05, 0.1) is 5.92 Å². The first-order valence-electron chi connectivity index (χ1n) is 6.55. The summed E-state index contributed by atoms with van der Waals surface area (Å²) in [5.74, 6) is -2.53. The Labute approximate surface area is 121 Å². The number of hydrogen-bond acceptors (Lipinski definition) is 4. The van der Waals surface area contributed by atoms with E-state index in [4.69, 9.17) is 5.11 Å². The summed E-state index contributed by atoms with van der Waals surface area (Å²) < 4.78 is 0. The number of carboxylic acids is 1. The minimum absolute atomic E-state index is 0.271. The van der Waals surface area contributed by atoms with Crippen LogP contribution in [0.3, 0.4) is 0 Å². The predicted octanol–water partition coefficient (Wildman–Crippen LogP) is -0.538. The van der Waals surface area contributed by atoms with Crippen LogP contribution in [0.4, 0.5) is 4.79 Å². The third-order valence-electron chi connectivity index (χ3n) is 3.49. The zero-order valence-electron chi connectivity index (χ0n) is 11.8. The van der Waals surface area contributed by atoms with Gasteiger partial charge < -0.3 is 15.7 Å². The highest BCUT2D eigenvalue weighted by Crippen LogP contribution is 2.19. The third kappa shape index (κ3) is 3.04. The Morgan fingerprint density at radius 3 is 2.57 bits per heavy atom. The SMILES string of the molecule is CC1(C)NC(=O)N(CC(=O)NC2C=CC(C(=O)O)C2)C1=O. The van der Waals surface area contributed by atoms with Gasteiger partial charge in [0.25, 0.3) is 5.91 Å². The summed E-state index contributed by atoms with van der Waals surface area (Å²) in [6, 6.07) is -1.00. The van der Waals surface area contributed by atoms with Crippen molar-refractivity contribution in [3.63, 3.8) is 0 Å². The fraction of sp³-hybridized carbons (Fsp3) is 0.538. The highest BCUT2D eigenvalue weighted by atomic mass is 16.4. The van der Waals surface area contributed by atoms with Crippen molar-refractivity contribution in [3.05, 3.63) is 12.2 Å². The van der Waals surface area contributed by atoms with Crippen LogP contribution in [0.25, 0.3) is 0 Å². The lowest BCUT2D eigenvalue weighted by atomic mass is 10.1. The molecule has 2 unspecified atom stereocenters. The fourth-order valence-electron chi connectivity index (χ4n) is 2.35. The van der Waals surface area contributed by atoms with Gasteiger partial charge in [-0.2, -0.15) is 0 Å². The molecule has 21 heavy (non-hydrogen) atoms. The molecule has 8 nitrogen and oxygen atoms in total. The largest absolute Gasteiger partial charge is 0.481 e. The number of imide groups is 1. The molecule has 0 bridgehead atoms. The first-order chi connectivity index (χ1) is 9.70. The van der Waals surface area contributed by atoms with Gasteiger partial charge in [0.1, 0.15) is 12.1 Å². The van der Waals surface area contributed by atoms with Crippen molar-refractivity contribution in [2.24, 2.45) is 5.92 Å². The number of amides is 4. The summed E-state index contributed by atoms with van der Waals surface area (Å²) in [4.78, 5) is 47.1. The van der Waals surface area contributed by atoms with Crippen molar-refractivity contribution in [1.82, 2.24) is 15.5 Å². The van der Waals surface area contributed by atoms with Gasteiger partial charge in [-0.05, 0) is 20.3 Å². The molecule has 8 heteroatoms. The number of nitrogens with one attached hydrogen (secondary N) is 2. The van der Waals surface area contributed by atoms with E-state index in [0.717, 1.165) is 4.90 Å². The lowest BCUT2D eigenvalue weighted by molar-refractivity contribution is -0.140. The van der Waals surface area contributed by atoms with E-state index < -0.39 is 41.3 Å². The third-order valence-corrected chi connectivity index (χ3v) is 3.49. The Balaban J connectivity index is 1.89. The molecule has 0 spiro atoms. The molecule has 0 aromatic rings. The standard InChI is InChI=1S/C13H17N3O5/c1-13(2)11(20)16(12(21)15-13)6-9(17)14-8-4-3-7(5-8)10(18)19/h3-4,7-8H,5-6H2,1-2H3,(H,14,17)(H,15,21)(H,18,19). The van der Waals surface area contributed by atoms with Crippen molar-refractivity contribution >= 4 is 23.8 Å².